The largest absolute Gasteiger partial charge is 0.352 e. The van der Waals surface area contributed by atoms with Crippen LogP contribution in [0.5, 0.6) is 0 Å². The standard InChI is InChI=1S/C32H39ClFN3O4S/c1-5-24(3)35-32(39)30(20-25-12-7-6-8-13-25)36(22-26-14-9-10-15-28(26)34)31(38)16-11-19-37(42(4,40)41)29-21-27(33)18-17-23(29)2/h6-10,12-15,17-18,21,24,30H,5,11,16,19-20,22H2,1-4H3,(H,35,39)/t24-,30-/m0/s1. The number of anilines is 1. The molecule has 0 radical (unpaired) electrons. The molecule has 1 N–H and O–H groups in total. The van der Waals surface area contributed by atoms with Crippen molar-refractivity contribution in [3.05, 3.63) is 100 Å². The Hall–Kier alpha value is -3.43. The maximum Gasteiger partial charge on any atom is 0.243 e. The van der Waals surface area contributed by atoms with Gasteiger partial charge in [0.25, 0.3) is 0 Å². The lowest BCUT2D eigenvalue weighted by Gasteiger charge is -2.33. The van der Waals surface area contributed by atoms with Gasteiger partial charge >= 0.3 is 0 Å². The predicted octanol–water partition coefficient (Wildman–Crippen LogP) is 5.89. The number of amides is 2. The van der Waals surface area contributed by atoms with E-state index in [4.69, 9.17) is 11.6 Å². The molecule has 7 nitrogen and oxygen atoms in total. The summed E-state index contributed by atoms with van der Waals surface area (Å²) in [5, 5.41) is 3.38. The third-order valence-corrected chi connectivity index (χ3v) is 8.58. The molecule has 0 aromatic heterocycles. The molecule has 0 heterocycles. The Bertz CT molecular complexity index is 1470. The number of sulfonamides is 1. The van der Waals surface area contributed by atoms with Crippen molar-refractivity contribution in [3.8, 4) is 0 Å². The summed E-state index contributed by atoms with van der Waals surface area (Å²) in [4.78, 5) is 28.9. The first-order valence-electron chi connectivity index (χ1n) is 14.0. The molecule has 0 saturated carbocycles. The summed E-state index contributed by atoms with van der Waals surface area (Å²) in [7, 11) is -3.68. The molecule has 42 heavy (non-hydrogen) atoms. The first kappa shape index (κ1) is 33.1. The molecule has 3 rings (SSSR count). The van der Waals surface area contributed by atoms with Gasteiger partial charge in [-0.05, 0) is 56.0 Å². The Balaban J connectivity index is 1.92. The first-order valence-corrected chi connectivity index (χ1v) is 16.2. The Morgan fingerprint density at radius 3 is 2.33 bits per heavy atom. The van der Waals surface area contributed by atoms with Crippen LogP contribution >= 0.6 is 11.6 Å². The van der Waals surface area contributed by atoms with Crippen molar-refractivity contribution in [2.75, 3.05) is 17.1 Å². The van der Waals surface area contributed by atoms with Gasteiger partial charge in [-0.2, -0.15) is 0 Å². The van der Waals surface area contributed by atoms with Crippen LogP contribution in [-0.2, 0) is 32.6 Å². The lowest BCUT2D eigenvalue weighted by atomic mass is 10.0. The molecule has 0 aliphatic rings. The lowest BCUT2D eigenvalue weighted by molar-refractivity contribution is -0.141. The fourth-order valence-corrected chi connectivity index (χ4v) is 5.82. The Morgan fingerprint density at radius 2 is 1.69 bits per heavy atom. The normalized spacial score (nSPS) is 12.8. The van der Waals surface area contributed by atoms with Gasteiger partial charge in [0.1, 0.15) is 11.9 Å². The SMILES string of the molecule is CC[C@H](C)NC(=O)[C@H](Cc1ccccc1)N(Cc1ccccc1F)C(=O)CCCN(c1cc(Cl)ccc1C)S(C)(=O)=O. The summed E-state index contributed by atoms with van der Waals surface area (Å²) >= 11 is 6.15. The van der Waals surface area contributed by atoms with Gasteiger partial charge in [-0.15, -0.1) is 0 Å². The molecular weight excluding hydrogens is 577 g/mol. The Labute approximate surface area is 253 Å². The number of nitrogens with zero attached hydrogens (tertiary/aromatic N) is 2. The molecule has 3 aromatic rings. The molecule has 3 aromatic carbocycles. The number of rotatable bonds is 14. The highest BCUT2D eigenvalue weighted by atomic mass is 35.5. The fourth-order valence-electron chi connectivity index (χ4n) is 4.64. The minimum atomic E-state index is -3.68. The summed E-state index contributed by atoms with van der Waals surface area (Å²) < 4.78 is 41.4. The summed E-state index contributed by atoms with van der Waals surface area (Å²) in [5.74, 6) is -1.18. The van der Waals surface area contributed by atoms with Crippen molar-refractivity contribution in [1.82, 2.24) is 10.2 Å². The van der Waals surface area contributed by atoms with Crippen LogP contribution in [0, 0.1) is 12.7 Å². The molecule has 0 fully saturated rings. The van der Waals surface area contributed by atoms with E-state index in [2.05, 4.69) is 5.32 Å². The molecule has 0 spiro atoms. The minimum absolute atomic E-state index is 0.0295. The Kier molecular flexibility index (Phi) is 11.9. The monoisotopic (exact) mass is 615 g/mol. The summed E-state index contributed by atoms with van der Waals surface area (Å²) in [6.07, 6.45) is 2.17. The number of carbonyl (C=O) groups is 2. The second-order valence-corrected chi connectivity index (χ2v) is 12.8. The summed E-state index contributed by atoms with van der Waals surface area (Å²) in [5.41, 5.74) is 2.30. The van der Waals surface area contributed by atoms with Gasteiger partial charge in [0, 0.05) is 42.6 Å². The number of nitrogens with one attached hydrogen (secondary N) is 1. The van der Waals surface area contributed by atoms with Crippen LogP contribution in [0.4, 0.5) is 10.1 Å². The van der Waals surface area contributed by atoms with E-state index >= 15 is 0 Å². The highest BCUT2D eigenvalue weighted by Gasteiger charge is 2.31. The van der Waals surface area contributed by atoms with Crippen LogP contribution in [0.2, 0.25) is 5.02 Å². The van der Waals surface area contributed by atoms with Crippen LogP contribution in [-0.4, -0.2) is 50.0 Å². The maximum absolute atomic E-state index is 14.8. The van der Waals surface area contributed by atoms with Crippen molar-refractivity contribution >= 4 is 39.1 Å². The Morgan fingerprint density at radius 1 is 1.02 bits per heavy atom. The molecule has 0 bridgehead atoms. The van der Waals surface area contributed by atoms with Gasteiger partial charge in [0.2, 0.25) is 21.8 Å². The van der Waals surface area contributed by atoms with Crippen molar-refractivity contribution in [1.29, 1.82) is 0 Å². The molecule has 2 amide bonds. The van der Waals surface area contributed by atoms with E-state index in [0.717, 1.165) is 17.4 Å². The number of carbonyl (C=O) groups excluding carboxylic acids is 2. The zero-order valence-electron chi connectivity index (χ0n) is 24.5. The van der Waals surface area contributed by atoms with E-state index in [1.807, 2.05) is 44.2 Å². The molecule has 2 atom stereocenters. The summed E-state index contributed by atoms with van der Waals surface area (Å²) in [6, 6.07) is 19.5. The summed E-state index contributed by atoms with van der Waals surface area (Å²) in [6.45, 7) is 5.55. The lowest BCUT2D eigenvalue weighted by Crippen LogP contribution is -2.52. The fraction of sp³-hybridized carbons (Fsp3) is 0.375. The molecule has 0 aliphatic heterocycles. The minimum Gasteiger partial charge on any atom is -0.352 e. The molecule has 0 aliphatic carbocycles. The third kappa shape index (κ3) is 9.29. The van der Waals surface area contributed by atoms with Gasteiger partial charge < -0.3 is 10.2 Å². The molecule has 0 saturated heterocycles. The molecule has 10 heteroatoms. The predicted molar refractivity (Wildman–Crippen MR) is 166 cm³/mol. The average Bonchev–Trinajstić information content (AvgIpc) is 2.95. The van der Waals surface area contributed by atoms with Gasteiger partial charge in [0.15, 0.2) is 0 Å². The van der Waals surface area contributed by atoms with Crippen molar-refractivity contribution < 1.29 is 22.4 Å². The van der Waals surface area contributed by atoms with E-state index in [9.17, 15) is 22.4 Å². The average molecular weight is 616 g/mol. The van der Waals surface area contributed by atoms with Crippen molar-refractivity contribution in [2.24, 2.45) is 0 Å². The quantitative estimate of drug-likeness (QED) is 0.245. The van der Waals surface area contributed by atoms with E-state index in [-0.39, 0.29) is 55.8 Å². The smallest absolute Gasteiger partial charge is 0.243 e. The van der Waals surface area contributed by atoms with Crippen LogP contribution in [0.25, 0.3) is 0 Å². The third-order valence-electron chi connectivity index (χ3n) is 7.16. The highest BCUT2D eigenvalue weighted by molar-refractivity contribution is 7.92. The van der Waals surface area contributed by atoms with Crippen molar-refractivity contribution in [3.63, 3.8) is 0 Å². The second kappa shape index (κ2) is 15.2. The number of aryl methyl sites for hydroxylation is 1. The van der Waals surface area contributed by atoms with E-state index < -0.39 is 21.9 Å². The van der Waals surface area contributed by atoms with Crippen LogP contribution < -0.4 is 9.62 Å². The van der Waals surface area contributed by atoms with Crippen molar-refractivity contribution in [2.45, 2.75) is 65.1 Å². The number of benzene rings is 3. The van der Waals surface area contributed by atoms with E-state index in [1.54, 1.807) is 43.3 Å². The van der Waals surface area contributed by atoms with Gasteiger partial charge in [0.05, 0.1) is 11.9 Å². The highest BCUT2D eigenvalue weighted by Crippen LogP contribution is 2.27. The van der Waals surface area contributed by atoms with Gasteiger partial charge in [-0.1, -0.05) is 73.1 Å². The van der Waals surface area contributed by atoms with E-state index in [1.165, 1.54) is 15.3 Å². The molecular formula is C32H39ClFN3O4S. The maximum atomic E-state index is 14.8. The van der Waals surface area contributed by atoms with Crippen LogP contribution in [0.1, 0.15) is 49.8 Å². The second-order valence-electron chi connectivity index (χ2n) is 10.5. The number of hydrogen-bond donors (Lipinski definition) is 1. The zero-order chi connectivity index (χ0) is 30.9. The van der Waals surface area contributed by atoms with Crippen LogP contribution in [0.15, 0.2) is 72.8 Å². The van der Waals surface area contributed by atoms with Crippen LogP contribution in [0.3, 0.4) is 0 Å². The molecule has 226 valence electrons. The first-order chi connectivity index (χ1) is 19.9. The molecule has 0 unspecified atom stereocenters. The van der Waals surface area contributed by atoms with Gasteiger partial charge in [-0.25, -0.2) is 12.8 Å². The van der Waals surface area contributed by atoms with E-state index in [0.29, 0.717) is 17.1 Å². The van der Waals surface area contributed by atoms with Gasteiger partial charge in [-0.3, -0.25) is 13.9 Å². The number of hydrogen-bond acceptors (Lipinski definition) is 4. The zero-order valence-corrected chi connectivity index (χ0v) is 26.1. The topological polar surface area (TPSA) is 86.8 Å². The number of halogens is 2.